The molecule has 1 N–H and O–H groups in total. The first kappa shape index (κ1) is 14.5. The molecule has 0 atom stereocenters. The first-order valence-electron chi connectivity index (χ1n) is 6.07. The minimum atomic E-state index is -4.55. The van der Waals surface area contributed by atoms with Crippen molar-refractivity contribution in [2.75, 3.05) is 0 Å². The Morgan fingerprint density at radius 2 is 1.55 bits per heavy atom. The van der Waals surface area contributed by atoms with Crippen LogP contribution < -0.4 is 5.32 Å². The van der Waals surface area contributed by atoms with Crippen molar-refractivity contribution in [2.45, 2.75) is 19.3 Å². The summed E-state index contributed by atoms with van der Waals surface area (Å²) in [5.74, 6) is -0.847. The minimum absolute atomic E-state index is 0.170. The van der Waals surface area contributed by atoms with Crippen LogP contribution in [0.25, 0.3) is 0 Å². The summed E-state index contributed by atoms with van der Waals surface area (Å²) in [5.41, 5.74) is -0.355. The summed E-state index contributed by atoms with van der Waals surface area (Å²) in [7, 11) is 0. The molecule has 0 radical (unpaired) electrons. The number of halogens is 4. The molecule has 0 amide bonds. The number of rotatable bonds is 4. The van der Waals surface area contributed by atoms with Gasteiger partial charge in [-0.15, -0.1) is 0 Å². The second kappa shape index (κ2) is 6.05. The molecule has 2 aromatic rings. The lowest BCUT2D eigenvalue weighted by Crippen LogP contribution is -2.18. The normalized spacial score (nSPS) is 11.6. The maximum atomic E-state index is 13.6. The Morgan fingerprint density at radius 1 is 0.850 bits per heavy atom. The summed E-state index contributed by atoms with van der Waals surface area (Å²) in [4.78, 5) is 0. The first-order chi connectivity index (χ1) is 9.48. The summed E-state index contributed by atoms with van der Waals surface area (Å²) in [6.45, 7) is 0.211. The minimum Gasteiger partial charge on any atom is -0.308 e. The third-order valence-corrected chi connectivity index (χ3v) is 2.90. The molecule has 2 aromatic carbocycles. The predicted octanol–water partition coefficient (Wildman–Crippen LogP) is 4.13. The van der Waals surface area contributed by atoms with Crippen molar-refractivity contribution in [3.63, 3.8) is 0 Å². The second-order valence-corrected chi connectivity index (χ2v) is 4.35. The van der Waals surface area contributed by atoms with Gasteiger partial charge in [0.1, 0.15) is 5.82 Å². The van der Waals surface area contributed by atoms with E-state index in [1.54, 1.807) is 0 Å². The van der Waals surface area contributed by atoms with Crippen LogP contribution in [0.2, 0.25) is 0 Å². The highest BCUT2D eigenvalue weighted by Crippen LogP contribution is 2.32. The van der Waals surface area contributed by atoms with Crippen molar-refractivity contribution in [2.24, 2.45) is 0 Å². The van der Waals surface area contributed by atoms with Crippen molar-refractivity contribution < 1.29 is 17.6 Å². The zero-order valence-electron chi connectivity index (χ0n) is 10.5. The lowest BCUT2D eigenvalue weighted by molar-refractivity contribution is -0.138. The number of alkyl halides is 3. The molecule has 0 aromatic heterocycles. The molecule has 0 aliphatic rings. The highest BCUT2D eigenvalue weighted by molar-refractivity contribution is 5.31. The molecule has 0 saturated carbocycles. The van der Waals surface area contributed by atoms with Gasteiger partial charge >= 0.3 is 6.18 Å². The van der Waals surface area contributed by atoms with Crippen LogP contribution in [0.3, 0.4) is 0 Å². The second-order valence-electron chi connectivity index (χ2n) is 4.35. The average Bonchev–Trinajstić information content (AvgIpc) is 2.40. The Bertz CT molecular complexity index is 564. The average molecular weight is 283 g/mol. The molecule has 0 aliphatic heterocycles. The van der Waals surface area contributed by atoms with E-state index in [9.17, 15) is 17.6 Å². The maximum absolute atomic E-state index is 13.6. The largest absolute Gasteiger partial charge is 0.416 e. The van der Waals surface area contributed by atoms with Gasteiger partial charge in [-0.25, -0.2) is 4.39 Å². The first-order valence-corrected chi connectivity index (χ1v) is 6.07. The van der Waals surface area contributed by atoms with E-state index >= 15 is 0 Å². The monoisotopic (exact) mass is 283 g/mol. The smallest absolute Gasteiger partial charge is 0.308 e. The van der Waals surface area contributed by atoms with Gasteiger partial charge in [0, 0.05) is 18.7 Å². The highest BCUT2D eigenvalue weighted by Gasteiger charge is 2.34. The van der Waals surface area contributed by atoms with E-state index < -0.39 is 17.6 Å². The molecule has 106 valence electrons. The maximum Gasteiger partial charge on any atom is 0.416 e. The predicted molar refractivity (Wildman–Crippen MR) is 68.4 cm³/mol. The van der Waals surface area contributed by atoms with Crippen LogP contribution in [0.1, 0.15) is 16.7 Å². The van der Waals surface area contributed by atoms with Gasteiger partial charge in [-0.05, 0) is 17.7 Å². The molecule has 1 nitrogen and oxygen atoms in total. The SMILES string of the molecule is Fc1cccc(C(F)(F)F)c1CNCc1ccccc1. The Kier molecular flexibility index (Phi) is 4.39. The van der Waals surface area contributed by atoms with E-state index in [4.69, 9.17) is 0 Å². The van der Waals surface area contributed by atoms with Crippen molar-refractivity contribution in [3.8, 4) is 0 Å². The zero-order chi connectivity index (χ0) is 14.6. The summed E-state index contributed by atoms with van der Waals surface area (Å²) in [6, 6.07) is 12.2. The van der Waals surface area contributed by atoms with Crippen LogP contribution in [-0.4, -0.2) is 0 Å². The fourth-order valence-corrected chi connectivity index (χ4v) is 1.93. The van der Waals surface area contributed by atoms with E-state index in [0.717, 1.165) is 23.8 Å². The number of hydrogen-bond acceptors (Lipinski definition) is 1. The topological polar surface area (TPSA) is 12.0 Å². The molecule has 20 heavy (non-hydrogen) atoms. The number of nitrogens with one attached hydrogen (secondary N) is 1. The molecule has 0 heterocycles. The summed E-state index contributed by atoms with van der Waals surface area (Å²) in [6.07, 6.45) is -4.55. The summed E-state index contributed by atoms with van der Waals surface area (Å²) < 4.78 is 51.9. The van der Waals surface area contributed by atoms with Gasteiger partial charge in [-0.1, -0.05) is 36.4 Å². The molecule has 2 rings (SSSR count). The van der Waals surface area contributed by atoms with E-state index in [0.29, 0.717) is 6.54 Å². The van der Waals surface area contributed by atoms with Gasteiger partial charge in [0.25, 0.3) is 0 Å². The quantitative estimate of drug-likeness (QED) is 0.832. The van der Waals surface area contributed by atoms with Crippen molar-refractivity contribution in [3.05, 3.63) is 71.0 Å². The Hall–Kier alpha value is -1.88. The zero-order valence-corrected chi connectivity index (χ0v) is 10.5. The van der Waals surface area contributed by atoms with E-state index in [1.807, 2.05) is 30.3 Å². The van der Waals surface area contributed by atoms with Crippen LogP contribution in [-0.2, 0) is 19.3 Å². The van der Waals surface area contributed by atoms with Gasteiger partial charge < -0.3 is 5.32 Å². The van der Waals surface area contributed by atoms with Crippen LogP contribution in [0.5, 0.6) is 0 Å². The van der Waals surface area contributed by atoms with Gasteiger partial charge in [-0.2, -0.15) is 13.2 Å². The molecule has 0 aliphatic carbocycles. The molecule has 0 bridgehead atoms. The third kappa shape index (κ3) is 3.57. The summed E-state index contributed by atoms with van der Waals surface area (Å²) in [5, 5.41) is 2.83. The van der Waals surface area contributed by atoms with Crippen molar-refractivity contribution in [1.82, 2.24) is 5.32 Å². The fourth-order valence-electron chi connectivity index (χ4n) is 1.93. The standard InChI is InChI=1S/C15H13F4N/c16-14-8-4-7-13(15(17,18)19)12(14)10-20-9-11-5-2-1-3-6-11/h1-8,20H,9-10H2. The lowest BCUT2D eigenvalue weighted by Gasteiger charge is -2.14. The van der Waals surface area contributed by atoms with Crippen LogP contribution in [0, 0.1) is 5.82 Å². The van der Waals surface area contributed by atoms with Crippen molar-refractivity contribution >= 4 is 0 Å². The van der Waals surface area contributed by atoms with Gasteiger partial charge in [0.05, 0.1) is 5.56 Å². The molecule has 0 saturated heterocycles. The number of benzene rings is 2. The Labute approximate surface area is 114 Å². The molecule has 0 spiro atoms. The highest BCUT2D eigenvalue weighted by atomic mass is 19.4. The van der Waals surface area contributed by atoms with E-state index in [1.165, 1.54) is 0 Å². The molecule has 0 unspecified atom stereocenters. The van der Waals surface area contributed by atoms with Gasteiger partial charge in [0.2, 0.25) is 0 Å². The van der Waals surface area contributed by atoms with E-state index in [2.05, 4.69) is 5.32 Å². The Balaban J connectivity index is 2.10. The van der Waals surface area contributed by atoms with Crippen molar-refractivity contribution in [1.29, 1.82) is 0 Å². The van der Waals surface area contributed by atoms with E-state index in [-0.39, 0.29) is 12.1 Å². The van der Waals surface area contributed by atoms with Crippen LogP contribution in [0.4, 0.5) is 17.6 Å². The van der Waals surface area contributed by atoms with Crippen LogP contribution >= 0.6 is 0 Å². The molecule has 5 heteroatoms. The third-order valence-electron chi connectivity index (χ3n) is 2.90. The Morgan fingerprint density at radius 3 is 2.20 bits per heavy atom. The molecular weight excluding hydrogens is 270 g/mol. The van der Waals surface area contributed by atoms with Gasteiger partial charge in [-0.3, -0.25) is 0 Å². The molecule has 0 fully saturated rings. The van der Waals surface area contributed by atoms with Gasteiger partial charge in [0.15, 0.2) is 0 Å². The number of hydrogen-bond donors (Lipinski definition) is 1. The summed E-state index contributed by atoms with van der Waals surface area (Å²) >= 11 is 0. The fraction of sp³-hybridized carbons (Fsp3) is 0.200. The lowest BCUT2D eigenvalue weighted by atomic mass is 10.1. The van der Waals surface area contributed by atoms with Crippen LogP contribution in [0.15, 0.2) is 48.5 Å². The molecular formula is C15H13F4N.